The van der Waals surface area contributed by atoms with Crippen molar-refractivity contribution in [3.63, 3.8) is 0 Å². The van der Waals surface area contributed by atoms with Gasteiger partial charge < -0.3 is 16.0 Å². The number of hydrogen-bond acceptors (Lipinski definition) is 4. The van der Waals surface area contributed by atoms with Crippen LogP contribution in [0.4, 0.5) is 23.7 Å². The number of anilines is 1. The van der Waals surface area contributed by atoms with Gasteiger partial charge in [-0.05, 0) is 12.1 Å². The molecule has 2 rings (SSSR count). The van der Waals surface area contributed by atoms with Crippen molar-refractivity contribution in [1.82, 2.24) is 15.6 Å². The van der Waals surface area contributed by atoms with Crippen molar-refractivity contribution in [2.75, 3.05) is 11.9 Å². The number of thiazole rings is 1. The van der Waals surface area contributed by atoms with E-state index < -0.39 is 41.6 Å². The van der Waals surface area contributed by atoms with Crippen LogP contribution >= 0.6 is 11.3 Å². The minimum Gasteiger partial charge on any atom is -0.332 e. The molecule has 6 nitrogen and oxygen atoms in total. The maximum atomic E-state index is 13.5. The fourth-order valence-electron chi connectivity index (χ4n) is 1.93. The molecule has 146 valence electrons. The topological polar surface area (TPSA) is 83.1 Å². The number of nitrogens with zero attached hydrogens (tertiary/aromatic N) is 1. The molecule has 0 spiro atoms. The van der Waals surface area contributed by atoms with Gasteiger partial charge in [-0.2, -0.15) is 0 Å². The van der Waals surface area contributed by atoms with Crippen LogP contribution < -0.4 is 16.0 Å². The number of benzene rings is 1. The lowest BCUT2D eigenvalue weighted by Gasteiger charge is -2.14. The zero-order chi connectivity index (χ0) is 20.2. The summed E-state index contributed by atoms with van der Waals surface area (Å²) in [6.07, 6.45) is 0. The number of halogens is 3. The smallest absolute Gasteiger partial charge is 0.315 e. The van der Waals surface area contributed by atoms with E-state index in [-0.39, 0.29) is 12.0 Å². The Labute approximate surface area is 158 Å². The van der Waals surface area contributed by atoms with Gasteiger partial charge in [-0.15, -0.1) is 11.3 Å². The molecule has 27 heavy (non-hydrogen) atoms. The highest BCUT2D eigenvalue weighted by atomic mass is 32.1. The van der Waals surface area contributed by atoms with E-state index in [0.29, 0.717) is 11.1 Å². The van der Waals surface area contributed by atoms with E-state index >= 15 is 0 Å². The maximum absolute atomic E-state index is 13.5. The molecule has 0 unspecified atom stereocenters. The first-order valence-electron chi connectivity index (χ1n) is 7.98. The highest BCUT2D eigenvalue weighted by Gasteiger charge is 2.18. The molecule has 1 aromatic heterocycles. The van der Waals surface area contributed by atoms with Crippen molar-refractivity contribution in [3.05, 3.63) is 45.7 Å². The standard InChI is InChI=1S/C17H19F3N4O2S/c1-17(2,3)11-8-27-13(24-11)7-22-16(26)21-6-12(25)23-10-5-4-9(18)14(19)15(10)20/h4-5,8H,6-7H2,1-3H3,(H,23,25)(H2,21,22,26). The van der Waals surface area contributed by atoms with E-state index in [1.807, 2.05) is 26.2 Å². The summed E-state index contributed by atoms with van der Waals surface area (Å²) in [4.78, 5) is 27.9. The molecule has 0 aliphatic heterocycles. The largest absolute Gasteiger partial charge is 0.332 e. The first-order valence-corrected chi connectivity index (χ1v) is 8.86. The fourth-order valence-corrected chi connectivity index (χ4v) is 2.89. The van der Waals surface area contributed by atoms with Gasteiger partial charge in [0.1, 0.15) is 5.01 Å². The Hall–Kier alpha value is -2.62. The summed E-state index contributed by atoms with van der Waals surface area (Å²) < 4.78 is 39.4. The lowest BCUT2D eigenvalue weighted by molar-refractivity contribution is -0.115. The summed E-state index contributed by atoms with van der Waals surface area (Å²) in [5.74, 6) is -5.35. The molecule has 3 amide bonds. The van der Waals surface area contributed by atoms with Gasteiger partial charge in [0, 0.05) is 10.8 Å². The Kier molecular flexibility index (Phi) is 6.42. The number of rotatable bonds is 5. The van der Waals surface area contributed by atoms with Crippen LogP contribution in [0.5, 0.6) is 0 Å². The van der Waals surface area contributed by atoms with Crippen LogP contribution in [0.1, 0.15) is 31.5 Å². The van der Waals surface area contributed by atoms with Gasteiger partial charge in [-0.3, -0.25) is 4.79 Å². The third kappa shape index (κ3) is 5.68. The molecule has 1 aromatic carbocycles. The quantitative estimate of drug-likeness (QED) is 0.674. The normalized spacial score (nSPS) is 11.2. The fraction of sp³-hybridized carbons (Fsp3) is 0.353. The molecule has 0 aliphatic rings. The summed E-state index contributed by atoms with van der Waals surface area (Å²) in [6.45, 7) is 5.79. The Bertz CT molecular complexity index is 849. The molecule has 0 aliphatic carbocycles. The zero-order valence-electron chi connectivity index (χ0n) is 15.0. The van der Waals surface area contributed by atoms with Crippen LogP contribution in [-0.2, 0) is 16.8 Å². The van der Waals surface area contributed by atoms with Crippen molar-refractivity contribution in [3.8, 4) is 0 Å². The Morgan fingerprint density at radius 2 is 1.81 bits per heavy atom. The van der Waals surface area contributed by atoms with Crippen molar-refractivity contribution in [2.45, 2.75) is 32.7 Å². The van der Waals surface area contributed by atoms with Gasteiger partial charge in [-0.25, -0.2) is 22.9 Å². The van der Waals surface area contributed by atoms with Crippen LogP contribution in [0.2, 0.25) is 0 Å². The van der Waals surface area contributed by atoms with Gasteiger partial charge in [0.2, 0.25) is 5.91 Å². The average molecular weight is 400 g/mol. The van der Waals surface area contributed by atoms with E-state index in [4.69, 9.17) is 0 Å². The predicted octanol–water partition coefficient (Wildman–Crippen LogP) is 3.30. The molecule has 0 radical (unpaired) electrons. The summed E-state index contributed by atoms with van der Waals surface area (Å²) in [5.41, 5.74) is 0.306. The van der Waals surface area contributed by atoms with Crippen molar-refractivity contribution in [2.24, 2.45) is 0 Å². The van der Waals surface area contributed by atoms with Gasteiger partial charge in [0.25, 0.3) is 0 Å². The third-order valence-electron chi connectivity index (χ3n) is 3.44. The monoisotopic (exact) mass is 400 g/mol. The number of carbonyl (C=O) groups excluding carboxylic acids is 2. The first kappa shape index (κ1) is 20.7. The minimum atomic E-state index is -1.68. The van der Waals surface area contributed by atoms with Crippen LogP contribution in [0.25, 0.3) is 0 Å². The first-order chi connectivity index (χ1) is 12.6. The zero-order valence-corrected chi connectivity index (χ0v) is 15.8. The highest BCUT2D eigenvalue weighted by Crippen LogP contribution is 2.23. The SMILES string of the molecule is CC(C)(C)c1csc(CNC(=O)NCC(=O)Nc2ccc(F)c(F)c2F)n1. The lowest BCUT2D eigenvalue weighted by Crippen LogP contribution is -2.39. The number of carbonyl (C=O) groups is 2. The Balaban J connectivity index is 1.79. The molecule has 10 heteroatoms. The number of amides is 3. The molecule has 3 N–H and O–H groups in total. The molecular weight excluding hydrogens is 381 g/mol. The molecule has 0 fully saturated rings. The summed E-state index contributed by atoms with van der Waals surface area (Å²) >= 11 is 1.41. The lowest BCUT2D eigenvalue weighted by atomic mass is 9.93. The molecular formula is C17H19F3N4O2S. The van der Waals surface area contributed by atoms with Crippen LogP contribution in [-0.4, -0.2) is 23.5 Å². The van der Waals surface area contributed by atoms with Gasteiger partial charge in [0.15, 0.2) is 17.5 Å². The molecule has 0 saturated heterocycles. The molecule has 2 aromatic rings. The van der Waals surface area contributed by atoms with E-state index in [1.54, 1.807) is 0 Å². The van der Waals surface area contributed by atoms with Crippen LogP contribution in [0.15, 0.2) is 17.5 Å². The molecule has 1 heterocycles. The summed E-state index contributed by atoms with van der Waals surface area (Å²) in [5, 5.41) is 9.51. The van der Waals surface area contributed by atoms with E-state index in [9.17, 15) is 22.8 Å². The molecule has 0 saturated carbocycles. The van der Waals surface area contributed by atoms with Crippen LogP contribution in [0.3, 0.4) is 0 Å². The molecule has 0 bridgehead atoms. The number of aromatic nitrogens is 1. The number of hydrogen-bond donors (Lipinski definition) is 3. The van der Waals surface area contributed by atoms with Crippen LogP contribution in [0, 0.1) is 17.5 Å². The second-order valence-corrected chi connectivity index (χ2v) is 7.63. The predicted molar refractivity (Wildman–Crippen MR) is 96.0 cm³/mol. The number of urea groups is 1. The van der Waals surface area contributed by atoms with Crippen molar-refractivity contribution < 1.29 is 22.8 Å². The summed E-state index contributed by atoms with van der Waals surface area (Å²) in [7, 11) is 0. The highest BCUT2D eigenvalue weighted by molar-refractivity contribution is 7.09. The summed E-state index contributed by atoms with van der Waals surface area (Å²) in [6, 6.07) is 0.957. The number of nitrogens with one attached hydrogen (secondary N) is 3. The average Bonchev–Trinajstić information content (AvgIpc) is 3.08. The minimum absolute atomic E-state index is 0.0931. The van der Waals surface area contributed by atoms with E-state index in [0.717, 1.165) is 11.8 Å². The second-order valence-electron chi connectivity index (χ2n) is 6.68. The Morgan fingerprint density at radius 1 is 1.11 bits per heavy atom. The van der Waals surface area contributed by atoms with E-state index in [1.165, 1.54) is 11.3 Å². The Morgan fingerprint density at radius 3 is 2.44 bits per heavy atom. The van der Waals surface area contributed by atoms with Gasteiger partial charge in [0.05, 0.1) is 24.5 Å². The van der Waals surface area contributed by atoms with Crippen molar-refractivity contribution >= 4 is 29.0 Å². The van der Waals surface area contributed by atoms with Gasteiger partial charge in [-0.1, -0.05) is 20.8 Å². The van der Waals surface area contributed by atoms with E-state index in [2.05, 4.69) is 20.9 Å². The second kappa shape index (κ2) is 8.38. The van der Waals surface area contributed by atoms with Gasteiger partial charge >= 0.3 is 6.03 Å². The third-order valence-corrected chi connectivity index (χ3v) is 4.29. The molecule has 0 atom stereocenters. The maximum Gasteiger partial charge on any atom is 0.315 e. The van der Waals surface area contributed by atoms with Crippen molar-refractivity contribution in [1.29, 1.82) is 0 Å².